The van der Waals surface area contributed by atoms with Gasteiger partial charge in [0.15, 0.2) is 0 Å². The van der Waals surface area contributed by atoms with Crippen LogP contribution in [0.2, 0.25) is 0 Å². The Bertz CT molecular complexity index is 846. The van der Waals surface area contributed by atoms with Crippen LogP contribution in [-0.2, 0) is 10.0 Å². The van der Waals surface area contributed by atoms with Crippen molar-refractivity contribution in [3.63, 3.8) is 0 Å². The summed E-state index contributed by atoms with van der Waals surface area (Å²) in [7, 11) is -1.66. The number of anilines is 2. The number of rotatable bonds is 4. The summed E-state index contributed by atoms with van der Waals surface area (Å²) in [6.07, 6.45) is 1.56. The van der Waals surface area contributed by atoms with Crippen LogP contribution in [0.15, 0.2) is 48.5 Å². The van der Waals surface area contributed by atoms with Gasteiger partial charge in [-0.2, -0.15) is 0 Å². The zero-order valence-corrected chi connectivity index (χ0v) is 14.8. The number of carbonyl (C=O) groups excluding carboxylic acids is 1. The van der Waals surface area contributed by atoms with Gasteiger partial charge < -0.3 is 10.1 Å². The lowest BCUT2D eigenvalue weighted by atomic mass is 10.2. The highest BCUT2D eigenvalue weighted by atomic mass is 32.2. The van der Waals surface area contributed by atoms with E-state index in [1.807, 2.05) is 0 Å². The number of nitrogens with zero attached hydrogens (tertiary/aromatic N) is 1. The number of sulfonamides is 1. The van der Waals surface area contributed by atoms with Gasteiger partial charge in [0.2, 0.25) is 10.0 Å². The van der Waals surface area contributed by atoms with Crippen LogP contribution in [-0.4, -0.2) is 33.7 Å². The molecule has 2 aromatic carbocycles. The number of hydrogen-bond acceptors (Lipinski definition) is 4. The number of carbonyl (C=O) groups is 1. The molecule has 132 valence electrons. The standard InChI is InChI=1S/C18H20N2O4S/c1-24-17-10-4-14(5-11-17)18(21)19-15-6-8-16(9-7-15)20-12-2-3-13-25(20,22)23/h4-11H,2-3,12-13H2,1H3,(H,19,21). The van der Waals surface area contributed by atoms with Crippen molar-refractivity contribution < 1.29 is 17.9 Å². The van der Waals surface area contributed by atoms with E-state index in [4.69, 9.17) is 4.74 Å². The minimum absolute atomic E-state index is 0.183. The van der Waals surface area contributed by atoms with Gasteiger partial charge in [0.1, 0.15) is 5.75 Å². The summed E-state index contributed by atoms with van der Waals surface area (Å²) in [4.78, 5) is 12.2. The van der Waals surface area contributed by atoms with Crippen molar-refractivity contribution in [1.29, 1.82) is 0 Å². The predicted octanol–water partition coefficient (Wildman–Crippen LogP) is 2.88. The van der Waals surface area contributed by atoms with Crippen LogP contribution in [0.4, 0.5) is 11.4 Å². The maximum atomic E-state index is 12.2. The SMILES string of the molecule is COc1ccc(C(=O)Nc2ccc(N3CCCCS3(=O)=O)cc2)cc1. The van der Waals surface area contributed by atoms with E-state index in [-0.39, 0.29) is 11.7 Å². The Hall–Kier alpha value is -2.54. The number of ether oxygens (including phenoxy) is 1. The van der Waals surface area contributed by atoms with Gasteiger partial charge in [-0.15, -0.1) is 0 Å². The van der Waals surface area contributed by atoms with Gasteiger partial charge in [-0.05, 0) is 61.4 Å². The normalized spacial score (nSPS) is 16.3. The van der Waals surface area contributed by atoms with Crippen LogP contribution >= 0.6 is 0 Å². The molecule has 7 heteroatoms. The van der Waals surface area contributed by atoms with Crippen molar-refractivity contribution in [2.24, 2.45) is 0 Å². The molecule has 1 saturated heterocycles. The molecule has 3 rings (SSSR count). The van der Waals surface area contributed by atoms with Crippen LogP contribution < -0.4 is 14.4 Å². The molecule has 0 spiro atoms. The topological polar surface area (TPSA) is 75.7 Å². The molecule has 0 radical (unpaired) electrons. The molecule has 0 unspecified atom stereocenters. The molecule has 0 aromatic heterocycles. The van der Waals surface area contributed by atoms with Crippen molar-refractivity contribution in [3.05, 3.63) is 54.1 Å². The molecular weight excluding hydrogens is 340 g/mol. The Balaban J connectivity index is 1.70. The summed E-state index contributed by atoms with van der Waals surface area (Å²) in [6, 6.07) is 13.7. The van der Waals surface area contributed by atoms with Crippen LogP contribution in [0.5, 0.6) is 5.75 Å². The number of amides is 1. The number of hydrogen-bond donors (Lipinski definition) is 1. The second-order valence-corrected chi connectivity index (χ2v) is 7.84. The first kappa shape index (κ1) is 17.3. The molecule has 0 atom stereocenters. The van der Waals surface area contributed by atoms with Crippen molar-refractivity contribution >= 4 is 27.3 Å². The second kappa shape index (κ2) is 7.14. The highest BCUT2D eigenvalue weighted by Gasteiger charge is 2.25. The molecule has 1 aliphatic heterocycles. The summed E-state index contributed by atoms with van der Waals surface area (Å²) in [5.41, 5.74) is 1.75. The Morgan fingerprint density at radius 2 is 1.72 bits per heavy atom. The van der Waals surface area contributed by atoms with Gasteiger partial charge in [0.25, 0.3) is 5.91 Å². The summed E-state index contributed by atoms with van der Waals surface area (Å²) < 4.78 is 30.8. The average Bonchev–Trinajstić information content (AvgIpc) is 2.62. The number of methoxy groups -OCH3 is 1. The fraction of sp³-hybridized carbons (Fsp3) is 0.278. The predicted molar refractivity (Wildman–Crippen MR) is 97.8 cm³/mol. The van der Waals surface area contributed by atoms with E-state index in [1.165, 1.54) is 4.31 Å². The van der Waals surface area contributed by atoms with Gasteiger partial charge in [0, 0.05) is 17.8 Å². The monoisotopic (exact) mass is 360 g/mol. The lowest BCUT2D eigenvalue weighted by molar-refractivity contribution is 0.102. The number of nitrogens with one attached hydrogen (secondary N) is 1. The van der Waals surface area contributed by atoms with Crippen molar-refractivity contribution in [2.45, 2.75) is 12.8 Å². The van der Waals surface area contributed by atoms with Crippen LogP contribution in [0.25, 0.3) is 0 Å². The lowest BCUT2D eigenvalue weighted by Crippen LogP contribution is -2.37. The third-order valence-corrected chi connectivity index (χ3v) is 5.98. The third kappa shape index (κ3) is 3.93. The maximum absolute atomic E-state index is 12.2. The van der Waals surface area contributed by atoms with E-state index in [1.54, 1.807) is 55.6 Å². The largest absolute Gasteiger partial charge is 0.497 e. The molecule has 1 amide bonds. The van der Waals surface area contributed by atoms with E-state index < -0.39 is 10.0 Å². The Morgan fingerprint density at radius 3 is 2.32 bits per heavy atom. The third-order valence-electron chi connectivity index (χ3n) is 4.11. The van der Waals surface area contributed by atoms with Crippen LogP contribution in [0.3, 0.4) is 0 Å². The van der Waals surface area contributed by atoms with Gasteiger partial charge in [-0.1, -0.05) is 0 Å². The van der Waals surface area contributed by atoms with E-state index in [0.29, 0.717) is 35.7 Å². The first-order valence-corrected chi connectivity index (χ1v) is 9.66. The molecule has 2 aromatic rings. The fourth-order valence-corrected chi connectivity index (χ4v) is 4.38. The highest BCUT2D eigenvalue weighted by molar-refractivity contribution is 7.92. The second-order valence-electron chi connectivity index (χ2n) is 5.82. The van der Waals surface area contributed by atoms with Crippen LogP contribution in [0, 0.1) is 0 Å². The smallest absolute Gasteiger partial charge is 0.255 e. The minimum Gasteiger partial charge on any atom is -0.497 e. The zero-order valence-electron chi connectivity index (χ0n) is 13.9. The first-order chi connectivity index (χ1) is 12.0. The van der Waals surface area contributed by atoms with E-state index in [2.05, 4.69) is 5.32 Å². The van der Waals surface area contributed by atoms with Crippen molar-refractivity contribution in [3.8, 4) is 5.75 Å². The van der Waals surface area contributed by atoms with E-state index in [9.17, 15) is 13.2 Å². The average molecular weight is 360 g/mol. The quantitative estimate of drug-likeness (QED) is 0.910. The molecule has 25 heavy (non-hydrogen) atoms. The molecule has 1 heterocycles. The molecule has 0 bridgehead atoms. The zero-order chi connectivity index (χ0) is 17.9. The summed E-state index contributed by atoms with van der Waals surface area (Å²) in [5, 5.41) is 2.80. The van der Waals surface area contributed by atoms with Crippen LogP contribution in [0.1, 0.15) is 23.2 Å². The minimum atomic E-state index is -3.23. The van der Waals surface area contributed by atoms with Crippen molar-refractivity contribution in [2.75, 3.05) is 29.0 Å². The highest BCUT2D eigenvalue weighted by Crippen LogP contribution is 2.25. The summed E-state index contributed by atoms with van der Waals surface area (Å²) in [6.45, 7) is 0.500. The Morgan fingerprint density at radius 1 is 1.04 bits per heavy atom. The van der Waals surface area contributed by atoms with Gasteiger partial charge in [-0.25, -0.2) is 8.42 Å². The Kier molecular flexibility index (Phi) is 4.94. The molecule has 0 saturated carbocycles. The van der Waals surface area contributed by atoms with Gasteiger partial charge in [0.05, 0.1) is 18.6 Å². The fourth-order valence-electron chi connectivity index (χ4n) is 2.74. The molecule has 0 aliphatic carbocycles. The Labute approximate surface area is 147 Å². The maximum Gasteiger partial charge on any atom is 0.255 e. The number of benzene rings is 2. The van der Waals surface area contributed by atoms with Crippen molar-refractivity contribution in [1.82, 2.24) is 0 Å². The lowest BCUT2D eigenvalue weighted by Gasteiger charge is -2.28. The molecule has 1 aliphatic rings. The van der Waals surface area contributed by atoms with Gasteiger partial charge in [-0.3, -0.25) is 9.10 Å². The van der Waals surface area contributed by atoms with E-state index in [0.717, 1.165) is 6.42 Å². The first-order valence-electron chi connectivity index (χ1n) is 8.05. The molecule has 1 N–H and O–H groups in total. The van der Waals surface area contributed by atoms with E-state index >= 15 is 0 Å². The van der Waals surface area contributed by atoms with Gasteiger partial charge >= 0.3 is 0 Å². The summed E-state index contributed by atoms with van der Waals surface area (Å²) in [5.74, 6) is 0.632. The molecule has 1 fully saturated rings. The summed E-state index contributed by atoms with van der Waals surface area (Å²) >= 11 is 0. The molecular formula is C18H20N2O4S. The molecule has 6 nitrogen and oxygen atoms in total.